The second-order valence-corrected chi connectivity index (χ2v) is 7.05. The first-order valence-corrected chi connectivity index (χ1v) is 8.12. The van der Waals surface area contributed by atoms with E-state index in [-0.39, 0.29) is 16.8 Å². The van der Waals surface area contributed by atoms with E-state index in [9.17, 15) is 8.42 Å². The van der Waals surface area contributed by atoms with Crippen molar-refractivity contribution in [1.29, 1.82) is 0 Å². The summed E-state index contributed by atoms with van der Waals surface area (Å²) in [6, 6.07) is 3.68. The van der Waals surface area contributed by atoms with E-state index < -0.39 is 10.0 Å². The zero-order valence-corrected chi connectivity index (χ0v) is 12.5. The number of pyridine rings is 1. The summed E-state index contributed by atoms with van der Waals surface area (Å²) in [5.41, 5.74) is 6.64. The molecule has 1 fully saturated rings. The van der Waals surface area contributed by atoms with Gasteiger partial charge in [-0.3, -0.25) is 9.67 Å². The highest BCUT2D eigenvalue weighted by Gasteiger charge is 2.39. The number of sulfonamides is 1. The largest absolute Gasteiger partial charge is 0.381 e. The third-order valence-electron chi connectivity index (χ3n) is 3.45. The topological polar surface area (TPSA) is 94.1 Å². The fraction of sp³-hybridized carbons (Fsp3) is 0.385. The first-order valence-electron chi connectivity index (χ1n) is 6.68. The van der Waals surface area contributed by atoms with Gasteiger partial charge in [0.1, 0.15) is 4.90 Å². The molecule has 1 aliphatic carbocycles. The van der Waals surface area contributed by atoms with Crippen molar-refractivity contribution in [3.05, 3.63) is 36.3 Å². The van der Waals surface area contributed by atoms with Gasteiger partial charge >= 0.3 is 0 Å². The minimum atomic E-state index is -3.64. The molecule has 1 saturated carbocycles. The van der Waals surface area contributed by atoms with E-state index in [1.807, 2.05) is 12.1 Å². The molecule has 2 heterocycles. The SMILES string of the molecule is Cn1cc(S(=O)(=O)N(Cc2ccncc2)C2CC2)c(N)n1. The minimum Gasteiger partial charge on any atom is -0.381 e. The molecule has 2 N–H and O–H groups in total. The van der Waals surface area contributed by atoms with E-state index in [0.29, 0.717) is 6.54 Å². The van der Waals surface area contributed by atoms with Gasteiger partial charge in [-0.05, 0) is 30.5 Å². The lowest BCUT2D eigenvalue weighted by Gasteiger charge is -2.21. The van der Waals surface area contributed by atoms with Crippen LogP contribution in [0.25, 0.3) is 0 Å². The molecule has 8 heteroatoms. The molecule has 0 saturated heterocycles. The Hall–Kier alpha value is -1.93. The molecule has 3 rings (SSSR count). The second kappa shape index (κ2) is 5.12. The maximum absolute atomic E-state index is 12.8. The molecule has 112 valence electrons. The third kappa shape index (κ3) is 2.77. The van der Waals surface area contributed by atoms with Crippen LogP contribution in [0, 0.1) is 0 Å². The minimum absolute atomic E-state index is 0.0397. The predicted octanol–water partition coefficient (Wildman–Crippen LogP) is 0.751. The maximum atomic E-state index is 12.8. The average molecular weight is 307 g/mol. The van der Waals surface area contributed by atoms with E-state index in [1.54, 1.807) is 19.4 Å². The van der Waals surface area contributed by atoms with Crippen LogP contribution in [0.5, 0.6) is 0 Å². The monoisotopic (exact) mass is 307 g/mol. The standard InChI is InChI=1S/C13H17N5O2S/c1-17-9-12(13(14)16-17)21(19,20)18(11-2-3-11)8-10-4-6-15-7-5-10/h4-7,9,11H,2-3,8H2,1H3,(H2,14,16). The lowest BCUT2D eigenvalue weighted by molar-refractivity contribution is 0.398. The number of rotatable bonds is 5. The van der Waals surface area contributed by atoms with Crippen LogP contribution in [-0.2, 0) is 23.6 Å². The zero-order chi connectivity index (χ0) is 15.0. The van der Waals surface area contributed by atoms with Crippen molar-refractivity contribution in [3.8, 4) is 0 Å². The highest BCUT2D eigenvalue weighted by atomic mass is 32.2. The Morgan fingerprint density at radius 3 is 2.57 bits per heavy atom. The Labute approximate surface area is 123 Å². The highest BCUT2D eigenvalue weighted by molar-refractivity contribution is 7.89. The molecule has 0 spiro atoms. The molecule has 1 aliphatic rings. The molecule has 7 nitrogen and oxygen atoms in total. The van der Waals surface area contributed by atoms with Gasteiger partial charge in [-0.25, -0.2) is 8.42 Å². The number of hydrogen-bond acceptors (Lipinski definition) is 5. The van der Waals surface area contributed by atoms with Crippen molar-refractivity contribution in [2.45, 2.75) is 30.3 Å². The van der Waals surface area contributed by atoms with E-state index >= 15 is 0 Å². The Bertz CT molecular complexity index is 737. The van der Waals surface area contributed by atoms with Crippen LogP contribution in [0.2, 0.25) is 0 Å². The second-order valence-electron chi connectivity index (χ2n) is 5.19. The normalized spacial score (nSPS) is 15.5. The number of nitrogens with zero attached hydrogens (tertiary/aromatic N) is 4. The Kier molecular flexibility index (Phi) is 3.42. The van der Waals surface area contributed by atoms with Gasteiger partial charge in [0, 0.05) is 38.2 Å². The Morgan fingerprint density at radius 1 is 1.38 bits per heavy atom. The molecule has 2 aromatic rings. The van der Waals surface area contributed by atoms with Crippen molar-refractivity contribution < 1.29 is 8.42 Å². The van der Waals surface area contributed by atoms with Gasteiger partial charge in [0.25, 0.3) is 0 Å². The van der Waals surface area contributed by atoms with Crippen LogP contribution in [0.15, 0.2) is 35.6 Å². The molecule has 0 aromatic carbocycles. The van der Waals surface area contributed by atoms with E-state index in [4.69, 9.17) is 5.73 Å². The molecule has 2 aromatic heterocycles. The highest BCUT2D eigenvalue weighted by Crippen LogP contribution is 2.34. The predicted molar refractivity (Wildman–Crippen MR) is 77.6 cm³/mol. The Morgan fingerprint density at radius 2 is 2.05 bits per heavy atom. The number of nitrogens with two attached hydrogens (primary N) is 1. The van der Waals surface area contributed by atoms with Crippen molar-refractivity contribution >= 4 is 15.8 Å². The van der Waals surface area contributed by atoms with Crippen LogP contribution in [0.4, 0.5) is 5.82 Å². The van der Waals surface area contributed by atoms with Gasteiger partial charge in [0.15, 0.2) is 5.82 Å². The summed E-state index contributed by atoms with van der Waals surface area (Å²) in [5, 5.41) is 3.93. The summed E-state index contributed by atoms with van der Waals surface area (Å²) in [5.74, 6) is 0.0397. The van der Waals surface area contributed by atoms with E-state index in [2.05, 4.69) is 10.1 Å². The summed E-state index contributed by atoms with van der Waals surface area (Å²) in [4.78, 5) is 4.02. The summed E-state index contributed by atoms with van der Waals surface area (Å²) >= 11 is 0. The lowest BCUT2D eigenvalue weighted by atomic mass is 10.3. The van der Waals surface area contributed by atoms with Gasteiger partial charge in [-0.15, -0.1) is 0 Å². The number of aryl methyl sites for hydroxylation is 1. The summed E-state index contributed by atoms with van der Waals surface area (Å²) < 4.78 is 28.6. The van der Waals surface area contributed by atoms with Crippen LogP contribution >= 0.6 is 0 Å². The van der Waals surface area contributed by atoms with Gasteiger partial charge in [0.2, 0.25) is 10.0 Å². The van der Waals surface area contributed by atoms with Gasteiger partial charge in [0.05, 0.1) is 0 Å². The molecule has 0 radical (unpaired) electrons. The molecule has 0 atom stereocenters. The number of anilines is 1. The zero-order valence-electron chi connectivity index (χ0n) is 11.7. The lowest BCUT2D eigenvalue weighted by Crippen LogP contribution is -2.33. The number of hydrogen-bond donors (Lipinski definition) is 1. The molecular weight excluding hydrogens is 290 g/mol. The summed E-state index contributed by atoms with van der Waals surface area (Å²) in [6.45, 7) is 0.323. The summed E-state index contributed by atoms with van der Waals surface area (Å²) in [7, 11) is -1.99. The number of nitrogen functional groups attached to an aromatic ring is 1. The quantitative estimate of drug-likeness (QED) is 0.879. The summed E-state index contributed by atoms with van der Waals surface area (Å²) in [6.07, 6.45) is 6.53. The smallest absolute Gasteiger partial charge is 0.248 e. The molecular formula is C13H17N5O2S. The fourth-order valence-electron chi connectivity index (χ4n) is 2.25. The third-order valence-corrected chi connectivity index (χ3v) is 5.37. The molecule has 0 amide bonds. The first-order chi connectivity index (χ1) is 9.98. The number of aromatic nitrogens is 3. The fourth-order valence-corrected chi connectivity index (χ4v) is 4.02. The van der Waals surface area contributed by atoms with Crippen molar-refractivity contribution in [2.75, 3.05) is 5.73 Å². The van der Waals surface area contributed by atoms with Gasteiger partial charge in [-0.2, -0.15) is 9.40 Å². The molecule has 0 aliphatic heterocycles. The Balaban J connectivity index is 1.95. The average Bonchev–Trinajstić information content (AvgIpc) is 3.21. The van der Waals surface area contributed by atoms with Gasteiger partial charge in [-0.1, -0.05) is 0 Å². The van der Waals surface area contributed by atoms with Crippen LogP contribution < -0.4 is 5.73 Å². The van der Waals surface area contributed by atoms with Crippen LogP contribution in [-0.4, -0.2) is 33.5 Å². The van der Waals surface area contributed by atoms with Crippen molar-refractivity contribution in [1.82, 2.24) is 19.1 Å². The van der Waals surface area contributed by atoms with Crippen molar-refractivity contribution in [2.24, 2.45) is 7.05 Å². The maximum Gasteiger partial charge on any atom is 0.248 e. The van der Waals surface area contributed by atoms with Gasteiger partial charge < -0.3 is 5.73 Å². The van der Waals surface area contributed by atoms with Crippen LogP contribution in [0.1, 0.15) is 18.4 Å². The molecule has 0 bridgehead atoms. The molecule has 0 unspecified atom stereocenters. The van der Waals surface area contributed by atoms with Crippen molar-refractivity contribution in [3.63, 3.8) is 0 Å². The van der Waals surface area contributed by atoms with E-state index in [0.717, 1.165) is 18.4 Å². The van der Waals surface area contributed by atoms with Crippen LogP contribution in [0.3, 0.4) is 0 Å². The molecule has 21 heavy (non-hydrogen) atoms. The van der Waals surface area contributed by atoms with E-state index in [1.165, 1.54) is 15.2 Å². The first kappa shape index (κ1) is 14.0.